The number of hydrogen-bond donors (Lipinski definition) is 1. The first kappa shape index (κ1) is 10.8. The largest absolute Gasteiger partial charge is 0.449 e. The van der Waals surface area contributed by atoms with Crippen LogP contribution in [0.2, 0.25) is 0 Å². The summed E-state index contributed by atoms with van der Waals surface area (Å²) in [5, 5.41) is 0. The van der Waals surface area contributed by atoms with Crippen molar-refractivity contribution in [1.82, 2.24) is 4.90 Å². The lowest BCUT2D eigenvalue weighted by Crippen LogP contribution is -2.38. The van der Waals surface area contributed by atoms with E-state index in [4.69, 9.17) is 10.5 Å². The van der Waals surface area contributed by atoms with Gasteiger partial charge < -0.3 is 15.4 Å². The van der Waals surface area contributed by atoms with Crippen LogP contribution in [0, 0.1) is 0 Å². The van der Waals surface area contributed by atoms with Crippen molar-refractivity contribution in [3.63, 3.8) is 0 Å². The van der Waals surface area contributed by atoms with Crippen LogP contribution in [0.1, 0.15) is 12.0 Å². The van der Waals surface area contributed by atoms with Crippen LogP contribution < -0.4 is 5.73 Å². The first-order valence-electron chi connectivity index (χ1n) is 5.52. The van der Waals surface area contributed by atoms with Gasteiger partial charge in [0, 0.05) is 18.8 Å². The molecule has 0 aliphatic carbocycles. The third-order valence-electron chi connectivity index (χ3n) is 2.76. The lowest BCUT2D eigenvalue weighted by Gasteiger charge is -2.26. The molecule has 0 atom stereocenters. The average molecular weight is 220 g/mol. The van der Waals surface area contributed by atoms with Crippen LogP contribution >= 0.6 is 0 Å². The Bertz CT molecular complexity index is 379. The van der Waals surface area contributed by atoms with E-state index in [0.717, 1.165) is 30.6 Å². The van der Waals surface area contributed by atoms with Crippen LogP contribution in [-0.2, 0) is 11.2 Å². The number of nitrogens with zero attached hydrogens (tertiary/aromatic N) is 1. The van der Waals surface area contributed by atoms with Crippen molar-refractivity contribution < 1.29 is 9.53 Å². The number of para-hydroxylation sites is 1. The highest BCUT2D eigenvalue weighted by Crippen LogP contribution is 2.13. The summed E-state index contributed by atoms with van der Waals surface area (Å²) in [6, 6.07) is 7.74. The van der Waals surface area contributed by atoms with Crippen LogP contribution in [0.25, 0.3) is 0 Å². The maximum atomic E-state index is 11.4. The Morgan fingerprint density at radius 2 is 2.19 bits per heavy atom. The van der Waals surface area contributed by atoms with Gasteiger partial charge in [-0.05, 0) is 24.5 Å². The van der Waals surface area contributed by atoms with Gasteiger partial charge in [-0.2, -0.15) is 0 Å². The van der Waals surface area contributed by atoms with Crippen LogP contribution in [0.15, 0.2) is 24.3 Å². The monoisotopic (exact) mass is 220 g/mol. The summed E-state index contributed by atoms with van der Waals surface area (Å²) >= 11 is 0. The number of nitrogen functional groups attached to an aromatic ring is 1. The Morgan fingerprint density at radius 1 is 1.38 bits per heavy atom. The summed E-state index contributed by atoms with van der Waals surface area (Å²) in [7, 11) is 0. The van der Waals surface area contributed by atoms with E-state index in [1.54, 1.807) is 4.90 Å². The quantitative estimate of drug-likeness (QED) is 0.788. The molecule has 1 fully saturated rings. The molecule has 1 amide bonds. The van der Waals surface area contributed by atoms with Crippen LogP contribution in [0.4, 0.5) is 10.5 Å². The number of carbonyl (C=O) groups is 1. The normalized spacial score (nSPS) is 16.0. The smallest absolute Gasteiger partial charge is 0.409 e. The molecular weight excluding hydrogens is 204 g/mol. The van der Waals surface area contributed by atoms with E-state index in [-0.39, 0.29) is 6.09 Å². The number of nitrogens with two attached hydrogens (primary N) is 1. The van der Waals surface area contributed by atoms with Gasteiger partial charge in [0.1, 0.15) is 0 Å². The maximum absolute atomic E-state index is 11.4. The van der Waals surface area contributed by atoms with Gasteiger partial charge in [0.15, 0.2) is 0 Å². The lowest BCUT2D eigenvalue weighted by atomic mass is 10.1. The van der Waals surface area contributed by atoms with Crippen molar-refractivity contribution >= 4 is 11.8 Å². The van der Waals surface area contributed by atoms with Gasteiger partial charge in [-0.3, -0.25) is 0 Å². The molecule has 4 heteroatoms. The molecule has 0 unspecified atom stereocenters. The zero-order valence-corrected chi connectivity index (χ0v) is 9.19. The molecule has 2 N–H and O–H groups in total. The molecule has 1 aliphatic heterocycles. The number of amides is 1. The SMILES string of the molecule is Nc1ccccc1CCN1CCCOC1=O. The fourth-order valence-corrected chi connectivity index (χ4v) is 1.82. The summed E-state index contributed by atoms with van der Waals surface area (Å²) in [4.78, 5) is 13.1. The minimum absolute atomic E-state index is 0.208. The maximum Gasteiger partial charge on any atom is 0.409 e. The number of carbonyl (C=O) groups excluding carboxylic acids is 1. The molecule has 16 heavy (non-hydrogen) atoms. The Hall–Kier alpha value is -1.71. The zero-order valence-electron chi connectivity index (χ0n) is 9.19. The Balaban J connectivity index is 1.92. The molecule has 0 spiro atoms. The second-order valence-corrected chi connectivity index (χ2v) is 3.90. The molecule has 1 aliphatic rings. The lowest BCUT2D eigenvalue weighted by molar-refractivity contribution is 0.0735. The molecule has 1 saturated heterocycles. The molecule has 1 aromatic rings. The first-order chi connectivity index (χ1) is 7.77. The highest BCUT2D eigenvalue weighted by Gasteiger charge is 2.18. The first-order valence-corrected chi connectivity index (χ1v) is 5.52. The van der Waals surface area contributed by atoms with Gasteiger partial charge in [0.25, 0.3) is 0 Å². The average Bonchev–Trinajstić information content (AvgIpc) is 2.30. The highest BCUT2D eigenvalue weighted by atomic mass is 16.6. The van der Waals surface area contributed by atoms with Crippen molar-refractivity contribution in [2.45, 2.75) is 12.8 Å². The topological polar surface area (TPSA) is 55.6 Å². The van der Waals surface area contributed by atoms with Gasteiger partial charge in [-0.1, -0.05) is 18.2 Å². The van der Waals surface area contributed by atoms with E-state index < -0.39 is 0 Å². The number of anilines is 1. The molecule has 86 valence electrons. The van der Waals surface area contributed by atoms with Crippen molar-refractivity contribution in [3.8, 4) is 0 Å². The van der Waals surface area contributed by atoms with Gasteiger partial charge in [-0.25, -0.2) is 4.79 Å². The fourth-order valence-electron chi connectivity index (χ4n) is 1.82. The van der Waals surface area contributed by atoms with Crippen LogP contribution in [-0.4, -0.2) is 30.7 Å². The van der Waals surface area contributed by atoms with Crippen LogP contribution in [0.5, 0.6) is 0 Å². The standard InChI is InChI=1S/C12H16N2O2/c13-11-5-2-1-4-10(11)6-8-14-7-3-9-16-12(14)15/h1-2,4-5H,3,6-9,13H2. The number of ether oxygens (including phenoxy) is 1. The van der Waals surface area contributed by atoms with Crippen molar-refractivity contribution in [2.24, 2.45) is 0 Å². The van der Waals surface area contributed by atoms with Gasteiger partial charge in [0.05, 0.1) is 6.61 Å². The second kappa shape index (κ2) is 4.88. The van der Waals surface area contributed by atoms with E-state index in [2.05, 4.69) is 0 Å². The van der Waals surface area contributed by atoms with E-state index in [9.17, 15) is 4.79 Å². The second-order valence-electron chi connectivity index (χ2n) is 3.90. The highest BCUT2D eigenvalue weighted by molar-refractivity contribution is 5.68. The third kappa shape index (κ3) is 2.45. The third-order valence-corrected chi connectivity index (χ3v) is 2.76. The van der Waals surface area contributed by atoms with Gasteiger partial charge in [-0.15, -0.1) is 0 Å². The van der Waals surface area contributed by atoms with E-state index in [0.29, 0.717) is 13.2 Å². The summed E-state index contributed by atoms with van der Waals surface area (Å²) in [6.45, 7) is 2.00. The van der Waals surface area contributed by atoms with Gasteiger partial charge in [0.2, 0.25) is 0 Å². The number of rotatable bonds is 3. The zero-order chi connectivity index (χ0) is 11.4. The Morgan fingerprint density at radius 3 is 2.94 bits per heavy atom. The van der Waals surface area contributed by atoms with Crippen LogP contribution in [0.3, 0.4) is 0 Å². The summed E-state index contributed by atoms with van der Waals surface area (Å²) in [5.41, 5.74) is 7.71. The summed E-state index contributed by atoms with van der Waals surface area (Å²) in [5.74, 6) is 0. The predicted molar refractivity (Wildman–Crippen MR) is 62.1 cm³/mol. The minimum atomic E-state index is -0.208. The summed E-state index contributed by atoms with van der Waals surface area (Å²) in [6.07, 6.45) is 1.48. The molecule has 2 rings (SSSR count). The van der Waals surface area contributed by atoms with Crippen molar-refractivity contribution in [2.75, 3.05) is 25.4 Å². The molecule has 0 radical (unpaired) electrons. The number of benzene rings is 1. The summed E-state index contributed by atoms with van der Waals surface area (Å²) < 4.78 is 4.96. The molecule has 0 saturated carbocycles. The molecule has 1 aromatic carbocycles. The fraction of sp³-hybridized carbons (Fsp3) is 0.417. The number of hydrogen-bond acceptors (Lipinski definition) is 3. The molecular formula is C12H16N2O2. The van der Waals surface area contributed by atoms with Crippen molar-refractivity contribution in [3.05, 3.63) is 29.8 Å². The molecule has 0 aromatic heterocycles. The molecule has 0 bridgehead atoms. The number of cyclic esters (lactones) is 1. The van der Waals surface area contributed by atoms with E-state index in [1.165, 1.54) is 0 Å². The Kier molecular flexibility index (Phi) is 3.29. The van der Waals surface area contributed by atoms with Gasteiger partial charge >= 0.3 is 6.09 Å². The predicted octanol–water partition coefficient (Wildman–Crippen LogP) is 1.65. The van der Waals surface area contributed by atoms with E-state index >= 15 is 0 Å². The Labute approximate surface area is 95.0 Å². The molecule has 4 nitrogen and oxygen atoms in total. The van der Waals surface area contributed by atoms with Crippen molar-refractivity contribution in [1.29, 1.82) is 0 Å². The minimum Gasteiger partial charge on any atom is -0.449 e. The molecule has 1 heterocycles. The van der Waals surface area contributed by atoms with E-state index in [1.807, 2.05) is 24.3 Å².